The lowest BCUT2D eigenvalue weighted by molar-refractivity contribution is -1.92. The van der Waals surface area contributed by atoms with Crippen LogP contribution in [0.5, 0.6) is 0 Å². The van der Waals surface area contributed by atoms with Crippen LogP contribution in [0.2, 0.25) is 0 Å². The molecule has 2 amide bonds. The first-order chi connectivity index (χ1) is 11.1. The second kappa shape index (κ2) is 8.26. The molecule has 24 heavy (non-hydrogen) atoms. The van der Waals surface area contributed by atoms with Crippen LogP contribution in [0.25, 0.3) is 0 Å². The van der Waals surface area contributed by atoms with Gasteiger partial charge >= 0.3 is 0 Å². The van der Waals surface area contributed by atoms with Gasteiger partial charge < -0.3 is 11.5 Å². The number of halogens is 1. The quantitative estimate of drug-likeness (QED) is 0.402. The number of hydrogen-bond acceptors (Lipinski definition) is 9. The smallest absolute Gasteiger partial charge is 0.258 e. The molecule has 0 aromatic heterocycles. The molecule has 132 valence electrons. The molecule has 1 aromatic carbocycles. The average molecular weight is 362 g/mol. The second-order valence-corrected chi connectivity index (χ2v) is 5.62. The zero-order chi connectivity index (χ0) is 18.5. The molecule has 0 aliphatic rings. The van der Waals surface area contributed by atoms with E-state index in [1.807, 2.05) is 5.32 Å². The SMILES string of the molecule is CC(O[Cl+3]([O-])([O-])[O-])C(N)C(=O)NC(=O)c1ccccc1C(=O)CN. The van der Waals surface area contributed by atoms with Crippen molar-refractivity contribution in [2.75, 3.05) is 6.54 Å². The lowest BCUT2D eigenvalue weighted by Gasteiger charge is -2.19. The molecule has 0 saturated carbocycles. The third-order valence-electron chi connectivity index (χ3n) is 2.95. The van der Waals surface area contributed by atoms with E-state index in [9.17, 15) is 28.4 Å². The van der Waals surface area contributed by atoms with Gasteiger partial charge in [-0.05, 0) is 13.0 Å². The number of amides is 2. The highest BCUT2D eigenvalue weighted by Gasteiger charge is 2.35. The summed E-state index contributed by atoms with van der Waals surface area (Å²) < 4.78 is 35.4. The van der Waals surface area contributed by atoms with E-state index in [1.54, 1.807) is 0 Å². The van der Waals surface area contributed by atoms with E-state index in [0.29, 0.717) is 0 Å². The Morgan fingerprint density at radius 2 is 1.75 bits per heavy atom. The lowest BCUT2D eigenvalue weighted by atomic mass is 10.0. The summed E-state index contributed by atoms with van der Waals surface area (Å²) in [5, 5.41) is 1.91. The van der Waals surface area contributed by atoms with Gasteiger partial charge in [0.05, 0.1) is 26.6 Å². The molecule has 10 nitrogen and oxygen atoms in total. The Bertz CT molecular complexity index is 632. The van der Waals surface area contributed by atoms with E-state index < -0.39 is 40.0 Å². The Morgan fingerprint density at radius 1 is 1.21 bits per heavy atom. The highest BCUT2D eigenvalue weighted by molar-refractivity contribution is 6.13. The third kappa shape index (κ3) is 5.62. The number of benzene rings is 1. The van der Waals surface area contributed by atoms with Crippen molar-refractivity contribution in [3.05, 3.63) is 35.4 Å². The molecule has 1 aromatic rings. The summed E-state index contributed by atoms with van der Waals surface area (Å²) in [6.45, 7) is 0.742. The minimum absolute atomic E-state index is 0.0174. The fraction of sp³-hybridized carbons (Fsp3) is 0.308. The predicted octanol–water partition coefficient (Wildman–Crippen LogP) is -4.29. The van der Waals surface area contributed by atoms with Crippen molar-refractivity contribution in [2.45, 2.75) is 19.1 Å². The zero-order valence-corrected chi connectivity index (χ0v) is 13.3. The molecule has 1 rings (SSSR count). The fourth-order valence-corrected chi connectivity index (χ4v) is 2.19. The van der Waals surface area contributed by atoms with Crippen molar-refractivity contribution in [3.8, 4) is 0 Å². The van der Waals surface area contributed by atoms with Crippen molar-refractivity contribution >= 4 is 17.6 Å². The molecule has 0 saturated heterocycles. The summed E-state index contributed by atoms with van der Waals surface area (Å²) in [4.78, 5) is 35.7. The van der Waals surface area contributed by atoms with Gasteiger partial charge in [0.2, 0.25) is 12.0 Å². The van der Waals surface area contributed by atoms with Crippen LogP contribution in [0.15, 0.2) is 24.3 Å². The highest BCUT2D eigenvalue weighted by Crippen LogP contribution is 2.10. The van der Waals surface area contributed by atoms with E-state index in [4.69, 9.17) is 11.5 Å². The van der Waals surface area contributed by atoms with E-state index in [1.165, 1.54) is 24.3 Å². The number of nitrogens with one attached hydrogen (secondary N) is 1. The first-order valence-electron chi connectivity index (χ1n) is 6.59. The van der Waals surface area contributed by atoms with E-state index in [0.717, 1.165) is 6.92 Å². The Kier molecular flexibility index (Phi) is 6.93. The van der Waals surface area contributed by atoms with Crippen LogP contribution in [-0.4, -0.2) is 36.3 Å². The number of hydrogen-bond donors (Lipinski definition) is 3. The van der Waals surface area contributed by atoms with Crippen LogP contribution in [0.4, 0.5) is 0 Å². The molecule has 0 radical (unpaired) electrons. The number of carbonyl (C=O) groups is 3. The Labute approximate surface area is 139 Å². The van der Waals surface area contributed by atoms with Crippen LogP contribution in [0.1, 0.15) is 27.6 Å². The number of nitrogens with two attached hydrogens (primary N) is 2. The summed E-state index contributed by atoms with van der Waals surface area (Å²) in [6, 6.07) is 4.05. The van der Waals surface area contributed by atoms with Crippen molar-refractivity contribution in [1.82, 2.24) is 5.32 Å². The Morgan fingerprint density at radius 3 is 2.25 bits per heavy atom. The zero-order valence-electron chi connectivity index (χ0n) is 12.6. The predicted molar refractivity (Wildman–Crippen MR) is 70.8 cm³/mol. The Balaban J connectivity index is 2.85. The van der Waals surface area contributed by atoms with Crippen LogP contribution in [-0.2, 0) is 9.08 Å². The van der Waals surface area contributed by atoms with Crippen molar-refractivity contribution in [2.24, 2.45) is 11.5 Å². The maximum Gasteiger partial charge on any atom is 0.258 e. The maximum atomic E-state index is 12.1. The first-order valence-corrected chi connectivity index (χ1v) is 7.82. The minimum atomic E-state index is -4.78. The topological polar surface area (TPSA) is 194 Å². The standard InChI is InChI=1S/C13H16ClN3O7/c1-7(24-14(21,22)23)11(16)13(20)17-12(19)9-5-3-2-4-8(9)10(18)6-15/h2-5,7,11H,6,15-16H2,1H3,(H,17,19,20). The molecule has 2 unspecified atom stereocenters. The van der Waals surface area contributed by atoms with E-state index in [2.05, 4.69) is 4.29 Å². The molecular weight excluding hydrogens is 346 g/mol. The first kappa shape index (κ1) is 20.1. The third-order valence-corrected chi connectivity index (χ3v) is 3.45. The summed E-state index contributed by atoms with van der Waals surface area (Å²) in [6.07, 6.45) is -1.50. The lowest BCUT2D eigenvalue weighted by Crippen LogP contribution is -2.64. The van der Waals surface area contributed by atoms with Gasteiger partial charge in [0.15, 0.2) is 5.78 Å². The van der Waals surface area contributed by atoms with Crippen LogP contribution in [0.3, 0.4) is 0 Å². The summed E-state index contributed by atoms with van der Waals surface area (Å²) in [7, 11) is -4.78. The molecule has 2 atom stereocenters. The van der Waals surface area contributed by atoms with Gasteiger partial charge in [-0.25, -0.2) is 0 Å². The van der Waals surface area contributed by atoms with Crippen molar-refractivity contribution in [1.29, 1.82) is 0 Å². The molecule has 0 heterocycles. The van der Waals surface area contributed by atoms with Crippen molar-refractivity contribution in [3.63, 3.8) is 0 Å². The molecular formula is C13H16ClN3O7. The number of ketones is 1. The minimum Gasteiger partial charge on any atom is -0.324 e. The van der Waals surface area contributed by atoms with Crippen molar-refractivity contribution < 1.29 is 42.9 Å². The van der Waals surface area contributed by atoms with Gasteiger partial charge in [-0.1, -0.05) is 18.2 Å². The molecule has 5 N–H and O–H groups in total. The molecule has 0 fully saturated rings. The summed E-state index contributed by atoms with van der Waals surface area (Å²) in [5.41, 5.74) is 10.6. The van der Waals surface area contributed by atoms with E-state index >= 15 is 0 Å². The molecule has 11 heteroatoms. The van der Waals surface area contributed by atoms with Gasteiger partial charge in [-0.15, -0.1) is 0 Å². The number of Topliss-reactive ketones (excluding diaryl/α,β-unsaturated/α-hetero) is 1. The number of rotatable bonds is 7. The summed E-state index contributed by atoms with van der Waals surface area (Å²) >= 11 is 0. The molecule has 0 aliphatic heterocycles. The molecule has 0 spiro atoms. The number of carbonyl (C=O) groups excluding carboxylic acids is 3. The average Bonchev–Trinajstić information content (AvgIpc) is 2.51. The molecule has 0 aliphatic carbocycles. The van der Waals surface area contributed by atoms with Gasteiger partial charge in [-0.3, -0.25) is 19.7 Å². The highest BCUT2D eigenvalue weighted by atomic mass is 35.7. The molecule has 0 bridgehead atoms. The number of imide groups is 1. The fourth-order valence-electron chi connectivity index (χ4n) is 1.74. The van der Waals surface area contributed by atoms with Gasteiger partial charge in [-0.2, -0.15) is 14.0 Å². The van der Waals surface area contributed by atoms with E-state index in [-0.39, 0.29) is 17.7 Å². The largest absolute Gasteiger partial charge is 0.324 e. The second-order valence-electron chi connectivity index (χ2n) is 4.69. The monoisotopic (exact) mass is 361 g/mol. The Hall–Kier alpha value is -1.92. The maximum absolute atomic E-state index is 12.1. The van der Waals surface area contributed by atoms with Crippen LogP contribution >= 0.6 is 0 Å². The van der Waals surface area contributed by atoms with Gasteiger partial charge in [0.25, 0.3) is 5.91 Å². The summed E-state index contributed by atoms with van der Waals surface area (Å²) in [5.74, 6) is -2.52. The van der Waals surface area contributed by atoms with Crippen LogP contribution in [0, 0.1) is 10.2 Å². The van der Waals surface area contributed by atoms with Crippen LogP contribution < -0.4 is 30.8 Å². The van der Waals surface area contributed by atoms with Gasteiger partial charge in [0.1, 0.15) is 6.04 Å². The normalized spacial score (nSPS) is 13.9. The van der Waals surface area contributed by atoms with Gasteiger partial charge in [0, 0.05) is 5.56 Å².